The van der Waals surface area contributed by atoms with Crippen molar-refractivity contribution in [3.63, 3.8) is 0 Å². The number of aromatic nitrogens is 2. The van der Waals surface area contributed by atoms with Crippen molar-refractivity contribution in [2.45, 2.75) is 38.3 Å². The fourth-order valence-electron chi connectivity index (χ4n) is 3.76. The van der Waals surface area contributed by atoms with Gasteiger partial charge in [-0.2, -0.15) is 4.98 Å². The van der Waals surface area contributed by atoms with Crippen LogP contribution in [0.5, 0.6) is 5.75 Å². The second kappa shape index (κ2) is 10.2. The number of hydrogen-bond donors (Lipinski definition) is 2. The number of likely N-dealkylation sites (tertiary alicyclic amines) is 1. The Bertz CT molecular complexity index is 967. The normalized spacial score (nSPS) is 15.0. The minimum absolute atomic E-state index is 0.105. The molecule has 162 valence electrons. The van der Waals surface area contributed by atoms with Crippen LogP contribution < -0.4 is 10.2 Å². The van der Waals surface area contributed by atoms with Gasteiger partial charge >= 0.3 is 0 Å². The molecule has 1 aromatic heterocycles. The van der Waals surface area contributed by atoms with E-state index in [4.69, 9.17) is 14.5 Å². The van der Waals surface area contributed by atoms with Crippen LogP contribution in [-0.4, -0.2) is 39.2 Å². The molecule has 0 spiro atoms. The molecule has 2 heterocycles. The summed E-state index contributed by atoms with van der Waals surface area (Å²) in [5, 5.41) is 12.7. The Morgan fingerprint density at radius 3 is 2.55 bits per heavy atom. The van der Waals surface area contributed by atoms with E-state index in [-0.39, 0.29) is 13.0 Å². The Hall–Kier alpha value is -3.23. The molecular weight excluding hydrogens is 396 g/mol. The number of ether oxygens (including phenoxy) is 1. The van der Waals surface area contributed by atoms with Crippen LogP contribution in [0.25, 0.3) is 0 Å². The number of nitrogens with zero attached hydrogens (tertiary/aromatic N) is 3. The molecule has 8 nitrogen and oxygen atoms in total. The Labute approximate surface area is 180 Å². The summed E-state index contributed by atoms with van der Waals surface area (Å²) in [6.45, 7) is 3.19. The van der Waals surface area contributed by atoms with Gasteiger partial charge in [0.2, 0.25) is 5.91 Å². The van der Waals surface area contributed by atoms with Gasteiger partial charge in [-0.25, -0.2) is 5.48 Å². The lowest BCUT2D eigenvalue weighted by Crippen LogP contribution is -2.32. The molecule has 0 unspecified atom stereocenters. The smallest absolute Gasteiger partial charge is 0.264 e. The van der Waals surface area contributed by atoms with Gasteiger partial charge in [-0.05, 0) is 49.2 Å². The van der Waals surface area contributed by atoms with Crippen molar-refractivity contribution in [1.82, 2.24) is 20.5 Å². The lowest BCUT2D eigenvalue weighted by Gasteiger charge is -2.30. The number of piperidine rings is 1. The second-order valence-corrected chi connectivity index (χ2v) is 7.73. The van der Waals surface area contributed by atoms with E-state index < -0.39 is 5.91 Å². The largest absolute Gasteiger partial charge is 0.484 e. The lowest BCUT2D eigenvalue weighted by atomic mass is 9.96. The Morgan fingerprint density at radius 1 is 1.10 bits per heavy atom. The first kappa shape index (κ1) is 21.0. The maximum absolute atomic E-state index is 11.2. The van der Waals surface area contributed by atoms with Crippen LogP contribution in [0.1, 0.15) is 41.6 Å². The van der Waals surface area contributed by atoms with Crippen LogP contribution in [0.3, 0.4) is 0 Å². The highest BCUT2D eigenvalue weighted by atomic mass is 16.5. The van der Waals surface area contributed by atoms with E-state index in [1.165, 1.54) is 5.56 Å². The third-order valence-corrected chi connectivity index (χ3v) is 5.46. The molecule has 1 saturated heterocycles. The summed E-state index contributed by atoms with van der Waals surface area (Å²) in [6, 6.07) is 17.6. The molecule has 3 aromatic rings. The monoisotopic (exact) mass is 422 g/mol. The van der Waals surface area contributed by atoms with Gasteiger partial charge in [-0.15, -0.1) is 0 Å². The Kier molecular flexibility index (Phi) is 6.91. The molecule has 31 heavy (non-hydrogen) atoms. The molecule has 1 aliphatic rings. The molecule has 1 aliphatic heterocycles. The first-order valence-corrected chi connectivity index (χ1v) is 10.4. The third-order valence-electron chi connectivity index (χ3n) is 5.46. The lowest BCUT2D eigenvalue weighted by molar-refractivity contribution is -0.128. The van der Waals surface area contributed by atoms with Gasteiger partial charge in [0.05, 0.1) is 6.42 Å². The summed E-state index contributed by atoms with van der Waals surface area (Å²) in [7, 11) is 0. The standard InChI is InChI=1S/C23H26N4O4/c28-21(25-29)14-17-6-8-20(9-7-17)30-16-22-24-23(26-31-22)19-10-12-27(13-11-19)15-18-4-2-1-3-5-18/h1-9,19,29H,10-16H2,(H,25,28). The van der Waals surface area contributed by atoms with Gasteiger partial charge in [-0.1, -0.05) is 47.6 Å². The predicted octanol–water partition coefficient (Wildman–Crippen LogP) is 3.08. The average molecular weight is 422 g/mol. The van der Waals surface area contributed by atoms with E-state index in [0.717, 1.165) is 43.9 Å². The van der Waals surface area contributed by atoms with Crippen LogP contribution in [0.15, 0.2) is 59.1 Å². The fraction of sp³-hybridized carbons (Fsp3) is 0.348. The number of amides is 1. The quantitative estimate of drug-likeness (QED) is 0.425. The maximum Gasteiger partial charge on any atom is 0.264 e. The third kappa shape index (κ3) is 5.90. The van der Waals surface area contributed by atoms with Gasteiger partial charge in [0.25, 0.3) is 5.89 Å². The Morgan fingerprint density at radius 2 is 1.84 bits per heavy atom. The van der Waals surface area contributed by atoms with E-state index in [9.17, 15) is 4.79 Å². The molecule has 8 heteroatoms. The van der Waals surface area contributed by atoms with E-state index in [1.54, 1.807) is 29.7 Å². The molecule has 4 rings (SSSR count). The highest BCUT2D eigenvalue weighted by molar-refractivity contribution is 5.77. The first-order chi connectivity index (χ1) is 15.2. The summed E-state index contributed by atoms with van der Waals surface area (Å²) < 4.78 is 11.1. The number of carbonyl (C=O) groups excluding carboxylic acids is 1. The fourth-order valence-corrected chi connectivity index (χ4v) is 3.76. The van der Waals surface area contributed by atoms with Gasteiger partial charge in [-0.3, -0.25) is 14.9 Å². The maximum atomic E-state index is 11.2. The zero-order valence-corrected chi connectivity index (χ0v) is 17.2. The molecule has 2 N–H and O–H groups in total. The van der Waals surface area contributed by atoms with E-state index in [1.807, 2.05) is 6.07 Å². The molecule has 1 amide bonds. The van der Waals surface area contributed by atoms with Crippen molar-refractivity contribution in [3.05, 3.63) is 77.4 Å². The van der Waals surface area contributed by atoms with Crippen molar-refractivity contribution < 1.29 is 19.3 Å². The average Bonchev–Trinajstić information content (AvgIpc) is 3.29. The summed E-state index contributed by atoms with van der Waals surface area (Å²) in [5.74, 6) is 1.69. The summed E-state index contributed by atoms with van der Waals surface area (Å²) in [6.07, 6.45) is 2.12. The zero-order chi connectivity index (χ0) is 21.5. The van der Waals surface area contributed by atoms with Gasteiger partial charge in [0, 0.05) is 12.5 Å². The second-order valence-electron chi connectivity index (χ2n) is 7.73. The first-order valence-electron chi connectivity index (χ1n) is 10.4. The minimum atomic E-state index is -0.460. The van der Waals surface area contributed by atoms with Crippen LogP contribution in [0.4, 0.5) is 0 Å². The van der Waals surface area contributed by atoms with Crippen molar-refractivity contribution in [1.29, 1.82) is 0 Å². The number of rotatable bonds is 8. The van der Waals surface area contributed by atoms with Crippen molar-refractivity contribution in [3.8, 4) is 5.75 Å². The minimum Gasteiger partial charge on any atom is -0.484 e. The van der Waals surface area contributed by atoms with E-state index in [2.05, 4.69) is 39.3 Å². The number of hydrogen-bond acceptors (Lipinski definition) is 7. The number of hydroxylamine groups is 1. The van der Waals surface area contributed by atoms with Crippen molar-refractivity contribution in [2.24, 2.45) is 0 Å². The van der Waals surface area contributed by atoms with E-state index in [0.29, 0.717) is 17.6 Å². The van der Waals surface area contributed by atoms with Crippen LogP contribution in [-0.2, 0) is 24.4 Å². The molecule has 1 fully saturated rings. The van der Waals surface area contributed by atoms with Gasteiger partial charge < -0.3 is 9.26 Å². The highest BCUT2D eigenvalue weighted by Crippen LogP contribution is 2.27. The number of nitrogens with one attached hydrogen (secondary N) is 1. The predicted molar refractivity (Wildman–Crippen MR) is 112 cm³/mol. The number of benzene rings is 2. The molecule has 0 aliphatic carbocycles. The highest BCUT2D eigenvalue weighted by Gasteiger charge is 2.24. The van der Waals surface area contributed by atoms with Crippen molar-refractivity contribution >= 4 is 5.91 Å². The van der Waals surface area contributed by atoms with Gasteiger partial charge in [0.15, 0.2) is 12.4 Å². The van der Waals surface area contributed by atoms with Crippen LogP contribution in [0.2, 0.25) is 0 Å². The molecule has 0 atom stereocenters. The topological polar surface area (TPSA) is 101 Å². The van der Waals surface area contributed by atoms with E-state index >= 15 is 0 Å². The number of carbonyl (C=O) groups is 1. The molecule has 2 aromatic carbocycles. The summed E-state index contributed by atoms with van der Waals surface area (Å²) >= 11 is 0. The molecule has 0 saturated carbocycles. The SMILES string of the molecule is O=C(Cc1ccc(OCc2nc(C3CCN(Cc4ccccc4)CC3)no2)cc1)NO. The van der Waals surface area contributed by atoms with Crippen LogP contribution in [0, 0.1) is 0 Å². The molecule has 0 radical (unpaired) electrons. The molecular formula is C23H26N4O4. The summed E-state index contributed by atoms with van der Waals surface area (Å²) in [5.41, 5.74) is 3.73. The van der Waals surface area contributed by atoms with Crippen molar-refractivity contribution in [2.75, 3.05) is 13.1 Å². The van der Waals surface area contributed by atoms with Gasteiger partial charge in [0.1, 0.15) is 5.75 Å². The molecule has 0 bridgehead atoms. The Balaban J connectivity index is 1.24. The summed E-state index contributed by atoms with van der Waals surface area (Å²) in [4.78, 5) is 18.2. The zero-order valence-electron chi connectivity index (χ0n) is 17.2. The van der Waals surface area contributed by atoms with Crippen LogP contribution >= 0.6 is 0 Å².